The van der Waals surface area contributed by atoms with Gasteiger partial charge < -0.3 is 19.9 Å². The van der Waals surface area contributed by atoms with Crippen molar-refractivity contribution in [2.45, 2.75) is 25.7 Å². The summed E-state index contributed by atoms with van der Waals surface area (Å²) in [6.07, 6.45) is 3.77. The van der Waals surface area contributed by atoms with Crippen molar-refractivity contribution in [2.24, 2.45) is 17.8 Å². The topological polar surface area (TPSA) is 141 Å². The summed E-state index contributed by atoms with van der Waals surface area (Å²) in [6.45, 7) is 1.63. The van der Waals surface area contributed by atoms with Gasteiger partial charge in [0.2, 0.25) is 11.8 Å². The van der Waals surface area contributed by atoms with Crippen molar-refractivity contribution in [3.8, 4) is 5.75 Å². The molecule has 0 spiro atoms. The summed E-state index contributed by atoms with van der Waals surface area (Å²) in [7, 11) is -1.76. The molecule has 0 aromatic heterocycles. The average Bonchev–Trinajstić information content (AvgIpc) is 3.23. The van der Waals surface area contributed by atoms with E-state index in [9.17, 15) is 29.2 Å². The molecule has 4 atom stereocenters. The summed E-state index contributed by atoms with van der Waals surface area (Å²) >= 11 is 0. The number of ketones is 2. The maximum absolute atomic E-state index is 14.0. The molecule has 9 nitrogen and oxygen atoms in total. The first-order valence-electron chi connectivity index (χ1n) is 13.6. The number of hydrogen-bond donors (Lipinski definition) is 3. The van der Waals surface area contributed by atoms with Crippen LogP contribution in [-0.4, -0.2) is 58.9 Å². The Morgan fingerprint density at radius 1 is 1.00 bits per heavy atom. The normalized spacial score (nSPS) is 25.4. The van der Waals surface area contributed by atoms with Gasteiger partial charge in [0.1, 0.15) is 12.4 Å². The van der Waals surface area contributed by atoms with Gasteiger partial charge in [-0.1, -0.05) is 35.9 Å². The molecule has 1 saturated heterocycles. The van der Waals surface area contributed by atoms with Crippen molar-refractivity contribution >= 4 is 41.6 Å². The Labute approximate surface area is 236 Å². The van der Waals surface area contributed by atoms with E-state index >= 15 is 0 Å². The van der Waals surface area contributed by atoms with E-state index in [0.717, 1.165) is 16.0 Å². The number of anilines is 1. The number of hydrogen-bond acceptors (Lipinski definition) is 8. The second-order valence-corrected chi connectivity index (χ2v) is 10.9. The van der Waals surface area contributed by atoms with Gasteiger partial charge in [0, 0.05) is 22.6 Å². The van der Waals surface area contributed by atoms with Crippen molar-refractivity contribution in [3.63, 3.8) is 0 Å². The fourth-order valence-corrected chi connectivity index (χ4v) is 6.74. The smallest absolute Gasteiger partial charge is 0.488 e. The third-order valence-corrected chi connectivity index (χ3v) is 8.56. The lowest BCUT2D eigenvalue weighted by molar-refractivity contribution is -0.123. The van der Waals surface area contributed by atoms with E-state index in [1.165, 1.54) is 18.2 Å². The highest BCUT2D eigenvalue weighted by molar-refractivity contribution is 6.58. The minimum Gasteiger partial charge on any atom is -0.491 e. The molecule has 1 aliphatic heterocycles. The zero-order valence-electron chi connectivity index (χ0n) is 22.3. The van der Waals surface area contributed by atoms with Gasteiger partial charge in [0.15, 0.2) is 11.6 Å². The lowest BCUT2D eigenvalue weighted by atomic mass is 9.59. The van der Waals surface area contributed by atoms with Crippen molar-refractivity contribution < 1.29 is 39.1 Å². The van der Waals surface area contributed by atoms with Crippen molar-refractivity contribution in [2.75, 3.05) is 18.1 Å². The number of amides is 2. The highest BCUT2D eigenvalue weighted by atomic mass is 16.5. The molecule has 0 bridgehead atoms. The number of fused-ring (bicyclic) bond motifs is 3. The molecule has 0 saturated carbocycles. The average molecular weight is 553 g/mol. The van der Waals surface area contributed by atoms with Gasteiger partial charge in [0.05, 0.1) is 24.1 Å². The van der Waals surface area contributed by atoms with E-state index in [4.69, 9.17) is 9.84 Å². The van der Waals surface area contributed by atoms with Crippen LogP contribution in [0.3, 0.4) is 0 Å². The number of imide groups is 1. The lowest BCUT2D eigenvalue weighted by Crippen LogP contribution is -2.40. The Hall–Kier alpha value is -4.12. The molecular weight excluding hydrogens is 525 g/mol. The molecule has 4 aliphatic rings. The van der Waals surface area contributed by atoms with E-state index in [2.05, 4.69) is 0 Å². The number of aliphatic hydroxyl groups is 1. The largest absolute Gasteiger partial charge is 0.491 e. The van der Waals surface area contributed by atoms with Crippen LogP contribution in [0.25, 0.3) is 0 Å². The molecule has 208 valence electrons. The zero-order chi connectivity index (χ0) is 29.0. The predicted octanol–water partition coefficient (Wildman–Crippen LogP) is 1.37. The molecule has 1 heterocycles. The van der Waals surface area contributed by atoms with Crippen LogP contribution in [0.1, 0.15) is 31.2 Å². The van der Waals surface area contributed by atoms with Crippen LogP contribution in [0.15, 0.2) is 83.0 Å². The molecule has 3 N–H and O–H groups in total. The van der Waals surface area contributed by atoms with E-state index < -0.39 is 36.7 Å². The van der Waals surface area contributed by atoms with Crippen LogP contribution in [-0.2, 0) is 19.2 Å². The summed E-state index contributed by atoms with van der Waals surface area (Å²) in [5.41, 5.74) is 3.17. The van der Waals surface area contributed by atoms with Crippen LogP contribution in [0, 0.1) is 17.8 Å². The monoisotopic (exact) mass is 553 g/mol. The van der Waals surface area contributed by atoms with E-state index in [1.807, 2.05) is 18.2 Å². The summed E-state index contributed by atoms with van der Waals surface area (Å²) in [5.74, 6) is -3.11. The molecule has 10 heteroatoms. The van der Waals surface area contributed by atoms with Crippen LogP contribution in [0.2, 0.25) is 0 Å². The van der Waals surface area contributed by atoms with Crippen LogP contribution in [0.4, 0.5) is 5.69 Å². The maximum Gasteiger partial charge on any atom is 0.488 e. The van der Waals surface area contributed by atoms with Crippen molar-refractivity contribution in [3.05, 3.63) is 88.5 Å². The second kappa shape index (κ2) is 10.4. The summed E-state index contributed by atoms with van der Waals surface area (Å²) in [4.78, 5) is 55.5. The van der Waals surface area contributed by atoms with Gasteiger partial charge in [0.25, 0.3) is 0 Å². The number of aliphatic hydroxyl groups excluding tert-OH is 1. The van der Waals surface area contributed by atoms with Gasteiger partial charge in [-0.05, 0) is 67.1 Å². The van der Waals surface area contributed by atoms with Gasteiger partial charge in [-0.15, -0.1) is 0 Å². The summed E-state index contributed by atoms with van der Waals surface area (Å²) < 4.78 is 5.50. The minimum absolute atomic E-state index is 0.130. The number of allylic oxidation sites excluding steroid dienone is 6. The molecule has 2 amide bonds. The molecule has 0 unspecified atom stereocenters. The third-order valence-electron chi connectivity index (χ3n) is 8.56. The summed E-state index contributed by atoms with van der Waals surface area (Å²) in [6, 6.07) is 13.2. The highest BCUT2D eigenvalue weighted by Crippen LogP contribution is 2.55. The van der Waals surface area contributed by atoms with E-state index in [0.29, 0.717) is 28.9 Å². The van der Waals surface area contributed by atoms with Crippen LogP contribution < -0.4 is 15.1 Å². The number of nitrogens with zero attached hydrogens (tertiary/aromatic N) is 1. The molecule has 2 aromatic rings. The lowest BCUT2D eigenvalue weighted by Gasteiger charge is -2.42. The molecule has 3 aliphatic carbocycles. The van der Waals surface area contributed by atoms with Gasteiger partial charge in [-0.25, -0.2) is 0 Å². The molecule has 2 aromatic carbocycles. The Bertz CT molecular complexity index is 1570. The Morgan fingerprint density at radius 3 is 2.46 bits per heavy atom. The quantitative estimate of drug-likeness (QED) is 0.211. The highest BCUT2D eigenvalue weighted by Gasteiger charge is 2.56. The predicted molar refractivity (Wildman–Crippen MR) is 149 cm³/mol. The van der Waals surface area contributed by atoms with Crippen LogP contribution >= 0.6 is 0 Å². The first-order valence-corrected chi connectivity index (χ1v) is 13.6. The number of benzene rings is 2. The first-order chi connectivity index (χ1) is 19.7. The SMILES string of the molecule is CC1=CC(=O)C2=C(C1=O)[C@@H](c1ccc(OCCO)cc1)C1=CC[C@@H]3C(=O)N(c4cccc(B(O)O)c4)C(=O)[C@@H]3[C@@H]1C2. The van der Waals surface area contributed by atoms with Crippen molar-refractivity contribution in [1.29, 1.82) is 0 Å². The second-order valence-electron chi connectivity index (χ2n) is 10.9. The maximum atomic E-state index is 14.0. The van der Waals surface area contributed by atoms with Gasteiger partial charge >= 0.3 is 7.12 Å². The Morgan fingerprint density at radius 2 is 1.76 bits per heavy atom. The Kier molecular flexibility index (Phi) is 6.85. The van der Waals surface area contributed by atoms with E-state index in [1.54, 1.807) is 31.2 Å². The number of rotatable bonds is 6. The third kappa shape index (κ3) is 4.39. The minimum atomic E-state index is -1.76. The number of Topliss-reactive ketones (excluding diaryl/α,β-unsaturated/α-hetero) is 1. The van der Waals surface area contributed by atoms with Crippen molar-refractivity contribution in [1.82, 2.24) is 0 Å². The standard InChI is InChI=1S/C31H28BNO8/c1-16-13-25(35)24-15-23-21(26(28(24)29(16)36)17-5-7-20(8-6-17)41-12-11-34)9-10-22-27(23)31(38)33(30(22)37)19-4-2-3-18(14-19)32(39)40/h2-9,13-14,22-23,26-27,34,39-40H,10-12,15H2,1H3/t22-,23+,26-,27-/m0/s1. The fourth-order valence-electron chi connectivity index (χ4n) is 6.74. The number of ether oxygens (including phenoxy) is 1. The van der Waals surface area contributed by atoms with Gasteiger partial charge in [-0.2, -0.15) is 0 Å². The molecular formula is C31H28BNO8. The number of carbonyl (C=O) groups is 4. The zero-order valence-corrected chi connectivity index (χ0v) is 22.3. The van der Waals surface area contributed by atoms with Gasteiger partial charge in [-0.3, -0.25) is 24.1 Å². The molecule has 6 rings (SSSR count). The molecule has 41 heavy (non-hydrogen) atoms. The van der Waals surface area contributed by atoms with E-state index in [-0.39, 0.29) is 48.3 Å². The summed E-state index contributed by atoms with van der Waals surface area (Å²) in [5, 5.41) is 28.3. The number of carbonyl (C=O) groups excluding carboxylic acids is 4. The Balaban J connectivity index is 1.42. The fraction of sp³-hybridized carbons (Fsp3) is 0.290. The molecule has 1 fully saturated rings. The van der Waals surface area contributed by atoms with Crippen LogP contribution in [0.5, 0.6) is 5.75 Å². The first kappa shape index (κ1) is 27.1. The molecule has 0 radical (unpaired) electrons.